The molecule has 1 aromatic heterocycles. The number of benzene rings is 1. The molecule has 0 aliphatic carbocycles. The topological polar surface area (TPSA) is 87.3 Å². The fourth-order valence-electron chi connectivity index (χ4n) is 1.87. The zero-order chi connectivity index (χ0) is 14.0. The molecular formula is C12H13N3O4. The van der Waals surface area contributed by atoms with Crippen molar-refractivity contribution in [3.05, 3.63) is 45.0 Å². The summed E-state index contributed by atoms with van der Waals surface area (Å²) in [6.45, 7) is 2.18. The molecule has 1 unspecified atom stereocenters. The highest BCUT2D eigenvalue weighted by Crippen LogP contribution is 2.16. The number of nitro groups is 1. The van der Waals surface area contributed by atoms with E-state index in [0.29, 0.717) is 12.1 Å². The van der Waals surface area contributed by atoms with Crippen LogP contribution in [0.15, 0.2) is 29.3 Å². The average Bonchev–Trinajstić information content (AvgIpc) is 2.39. The molecule has 7 heteroatoms. The summed E-state index contributed by atoms with van der Waals surface area (Å²) < 4.78 is 6.40. The van der Waals surface area contributed by atoms with Gasteiger partial charge in [-0.2, -0.15) is 0 Å². The van der Waals surface area contributed by atoms with Crippen LogP contribution in [-0.4, -0.2) is 28.2 Å². The molecule has 0 aliphatic rings. The molecule has 0 bridgehead atoms. The number of ether oxygens (including phenoxy) is 1. The van der Waals surface area contributed by atoms with E-state index in [1.165, 1.54) is 29.1 Å². The van der Waals surface area contributed by atoms with Crippen LogP contribution in [0.5, 0.6) is 0 Å². The van der Waals surface area contributed by atoms with Gasteiger partial charge in [0.05, 0.1) is 34.8 Å². The largest absolute Gasteiger partial charge is 0.383 e. The number of aromatic nitrogens is 2. The molecule has 1 aromatic carbocycles. The molecule has 2 rings (SSSR count). The predicted molar refractivity (Wildman–Crippen MR) is 69.2 cm³/mol. The smallest absolute Gasteiger partial charge is 0.270 e. The van der Waals surface area contributed by atoms with Crippen molar-refractivity contribution < 1.29 is 9.66 Å². The number of rotatable bonds is 4. The quantitative estimate of drug-likeness (QED) is 0.616. The zero-order valence-corrected chi connectivity index (χ0v) is 10.6. The first-order valence-electron chi connectivity index (χ1n) is 5.69. The first-order chi connectivity index (χ1) is 9.04. The van der Waals surface area contributed by atoms with E-state index in [2.05, 4.69) is 4.98 Å². The van der Waals surface area contributed by atoms with Crippen LogP contribution in [0.2, 0.25) is 0 Å². The average molecular weight is 263 g/mol. The van der Waals surface area contributed by atoms with E-state index in [1.54, 1.807) is 7.11 Å². The van der Waals surface area contributed by atoms with Crippen molar-refractivity contribution >= 4 is 16.6 Å². The number of hydrogen-bond donors (Lipinski definition) is 0. The second-order valence-corrected chi connectivity index (χ2v) is 4.22. The van der Waals surface area contributed by atoms with Gasteiger partial charge in [-0.25, -0.2) is 4.98 Å². The highest BCUT2D eigenvalue weighted by atomic mass is 16.6. The summed E-state index contributed by atoms with van der Waals surface area (Å²) in [6.07, 6.45) is 1.43. The summed E-state index contributed by atoms with van der Waals surface area (Å²) in [5.74, 6) is 0. The molecule has 7 nitrogen and oxygen atoms in total. The van der Waals surface area contributed by atoms with Crippen LogP contribution >= 0.6 is 0 Å². The summed E-state index contributed by atoms with van der Waals surface area (Å²) in [6, 6.07) is 3.87. The van der Waals surface area contributed by atoms with Gasteiger partial charge in [0.25, 0.3) is 11.2 Å². The Morgan fingerprint density at radius 3 is 2.89 bits per heavy atom. The molecule has 0 fully saturated rings. The van der Waals surface area contributed by atoms with Crippen LogP contribution in [-0.2, 0) is 4.74 Å². The maximum atomic E-state index is 12.3. The van der Waals surface area contributed by atoms with Gasteiger partial charge in [-0.3, -0.25) is 19.5 Å². The van der Waals surface area contributed by atoms with Crippen molar-refractivity contribution in [2.24, 2.45) is 0 Å². The third-order valence-corrected chi connectivity index (χ3v) is 2.86. The Balaban J connectivity index is 2.62. The van der Waals surface area contributed by atoms with E-state index in [0.717, 1.165) is 0 Å². The SMILES string of the molecule is COCC(C)n1cnc2ccc([N+](=O)[O-])cc2c1=O. The van der Waals surface area contributed by atoms with Crippen LogP contribution in [0.3, 0.4) is 0 Å². The van der Waals surface area contributed by atoms with E-state index in [9.17, 15) is 14.9 Å². The van der Waals surface area contributed by atoms with E-state index < -0.39 is 4.92 Å². The summed E-state index contributed by atoms with van der Waals surface area (Å²) in [5.41, 5.74) is 0.0123. The molecule has 0 amide bonds. The van der Waals surface area contributed by atoms with Gasteiger partial charge >= 0.3 is 0 Å². The number of hydrogen-bond acceptors (Lipinski definition) is 5. The van der Waals surface area contributed by atoms with Gasteiger partial charge in [-0.15, -0.1) is 0 Å². The van der Waals surface area contributed by atoms with Crippen LogP contribution in [0.1, 0.15) is 13.0 Å². The molecule has 100 valence electrons. The minimum atomic E-state index is -0.533. The number of fused-ring (bicyclic) bond motifs is 1. The molecule has 1 atom stereocenters. The molecule has 19 heavy (non-hydrogen) atoms. The van der Waals surface area contributed by atoms with Crippen molar-refractivity contribution in [2.45, 2.75) is 13.0 Å². The minimum absolute atomic E-state index is 0.122. The van der Waals surface area contributed by atoms with E-state index in [4.69, 9.17) is 4.74 Å². The molecule has 0 N–H and O–H groups in total. The minimum Gasteiger partial charge on any atom is -0.383 e. The normalized spacial score (nSPS) is 12.5. The van der Waals surface area contributed by atoms with Gasteiger partial charge in [0, 0.05) is 19.2 Å². The van der Waals surface area contributed by atoms with Gasteiger partial charge in [-0.1, -0.05) is 0 Å². The van der Waals surface area contributed by atoms with Crippen LogP contribution in [0.4, 0.5) is 5.69 Å². The van der Waals surface area contributed by atoms with Crippen molar-refractivity contribution in [1.82, 2.24) is 9.55 Å². The lowest BCUT2D eigenvalue weighted by Crippen LogP contribution is -2.26. The fraction of sp³-hybridized carbons (Fsp3) is 0.333. The third kappa shape index (κ3) is 2.45. The Hall–Kier alpha value is -2.28. The Kier molecular flexibility index (Phi) is 3.57. The highest BCUT2D eigenvalue weighted by Gasteiger charge is 2.13. The number of methoxy groups -OCH3 is 1. The number of nitrogens with zero attached hydrogens (tertiary/aromatic N) is 3. The van der Waals surface area contributed by atoms with Crippen LogP contribution in [0, 0.1) is 10.1 Å². The standard InChI is InChI=1S/C12H13N3O4/c1-8(6-19-2)14-7-13-11-4-3-9(15(17)18)5-10(11)12(14)16/h3-5,7-8H,6H2,1-2H3. The molecule has 0 spiro atoms. The first-order valence-corrected chi connectivity index (χ1v) is 5.69. The summed E-state index contributed by atoms with van der Waals surface area (Å²) in [5, 5.41) is 11.0. The Bertz CT molecular complexity index is 680. The van der Waals surface area contributed by atoms with Crippen molar-refractivity contribution in [2.75, 3.05) is 13.7 Å². The van der Waals surface area contributed by atoms with Crippen LogP contribution < -0.4 is 5.56 Å². The predicted octanol–water partition coefficient (Wildman–Crippen LogP) is 1.51. The van der Waals surface area contributed by atoms with Gasteiger partial charge in [0.15, 0.2) is 0 Å². The molecular weight excluding hydrogens is 250 g/mol. The summed E-state index contributed by atoms with van der Waals surface area (Å²) in [7, 11) is 1.54. The molecule has 0 aliphatic heterocycles. The second kappa shape index (κ2) is 5.15. The Labute approximate surface area is 108 Å². The van der Waals surface area contributed by atoms with E-state index >= 15 is 0 Å². The van der Waals surface area contributed by atoms with Crippen molar-refractivity contribution in [3.63, 3.8) is 0 Å². The third-order valence-electron chi connectivity index (χ3n) is 2.86. The number of nitro benzene ring substituents is 1. The van der Waals surface area contributed by atoms with Crippen LogP contribution in [0.25, 0.3) is 10.9 Å². The molecule has 1 heterocycles. The molecule has 0 saturated heterocycles. The molecule has 0 saturated carbocycles. The summed E-state index contributed by atoms with van der Waals surface area (Å²) in [4.78, 5) is 26.6. The number of non-ortho nitro benzene ring substituents is 1. The monoisotopic (exact) mass is 263 g/mol. The lowest BCUT2D eigenvalue weighted by molar-refractivity contribution is -0.384. The van der Waals surface area contributed by atoms with Crippen molar-refractivity contribution in [3.8, 4) is 0 Å². The Morgan fingerprint density at radius 1 is 1.53 bits per heavy atom. The van der Waals surface area contributed by atoms with E-state index in [1.807, 2.05) is 6.92 Å². The lowest BCUT2D eigenvalue weighted by Gasteiger charge is -2.13. The van der Waals surface area contributed by atoms with Gasteiger partial charge in [-0.05, 0) is 13.0 Å². The maximum absolute atomic E-state index is 12.3. The fourth-order valence-corrected chi connectivity index (χ4v) is 1.87. The second-order valence-electron chi connectivity index (χ2n) is 4.22. The maximum Gasteiger partial charge on any atom is 0.270 e. The lowest BCUT2D eigenvalue weighted by atomic mass is 10.2. The van der Waals surface area contributed by atoms with Gasteiger partial charge in [0.2, 0.25) is 0 Å². The van der Waals surface area contributed by atoms with Gasteiger partial charge in [0.1, 0.15) is 0 Å². The highest BCUT2D eigenvalue weighted by molar-refractivity contribution is 5.79. The van der Waals surface area contributed by atoms with Gasteiger partial charge < -0.3 is 4.74 Å². The first kappa shape index (κ1) is 13.2. The molecule has 0 radical (unpaired) electrons. The van der Waals surface area contributed by atoms with E-state index in [-0.39, 0.29) is 22.7 Å². The van der Waals surface area contributed by atoms with Crippen molar-refractivity contribution in [1.29, 1.82) is 0 Å². The zero-order valence-electron chi connectivity index (χ0n) is 10.6. The Morgan fingerprint density at radius 2 is 2.26 bits per heavy atom. The summed E-state index contributed by atoms with van der Waals surface area (Å²) >= 11 is 0. The molecule has 2 aromatic rings.